The lowest BCUT2D eigenvalue weighted by molar-refractivity contribution is 0.313. The Morgan fingerprint density at radius 1 is 0.971 bits per heavy atom. The maximum Gasteiger partial charge on any atom is 0.260 e. The molecule has 0 unspecified atom stereocenters. The number of hydrogen-bond acceptors (Lipinski definition) is 5. The maximum absolute atomic E-state index is 12.8. The summed E-state index contributed by atoms with van der Waals surface area (Å²) in [5.74, 6) is 0.521. The summed E-state index contributed by atoms with van der Waals surface area (Å²) in [6.07, 6.45) is 0. The van der Waals surface area contributed by atoms with Crippen LogP contribution in [-0.4, -0.2) is 55.3 Å². The summed E-state index contributed by atoms with van der Waals surface area (Å²) in [7, 11) is 3.71. The van der Waals surface area contributed by atoms with Crippen molar-refractivity contribution in [1.82, 2.24) is 9.88 Å². The largest absolute Gasteiger partial charge is 0.506 e. The van der Waals surface area contributed by atoms with E-state index in [1.807, 2.05) is 18.2 Å². The molecule has 5 rings (SSSR count). The monoisotopic (exact) mass is 475 g/mol. The number of benzene rings is 3. The summed E-state index contributed by atoms with van der Waals surface area (Å²) >= 11 is 6.61. The van der Waals surface area contributed by atoms with E-state index in [1.54, 1.807) is 37.4 Å². The number of likely N-dealkylation sites (N-methyl/N-ethyl adjacent to an activating group) is 1. The topological polar surface area (TPSA) is 68.8 Å². The predicted molar refractivity (Wildman–Crippen MR) is 138 cm³/mol. The van der Waals surface area contributed by atoms with Gasteiger partial charge in [0, 0.05) is 42.8 Å². The quantitative estimate of drug-likeness (QED) is 0.435. The van der Waals surface area contributed by atoms with Crippen LogP contribution in [-0.2, 0) is 0 Å². The molecule has 174 valence electrons. The molecule has 3 aromatic carbocycles. The van der Waals surface area contributed by atoms with Gasteiger partial charge in [-0.2, -0.15) is 0 Å². The molecule has 1 aliphatic heterocycles. The number of rotatable bonds is 4. The number of nitrogens with one attached hydrogen (secondary N) is 1. The second kappa shape index (κ2) is 9.05. The first kappa shape index (κ1) is 22.3. The smallest absolute Gasteiger partial charge is 0.260 e. The zero-order valence-corrected chi connectivity index (χ0v) is 19.9. The SMILES string of the molecule is COc1cccc(-c2c(O)c3cc(-c4ccc(N5CCN(C)CC5)cc4)c(Cl)cc3[nH]c2=O)c1. The van der Waals surface area contributed by atoms with Gasteiger partial charge in [0.05, 0.1) is 23.2 Å². The molecular formula is C27H26ClN3O3. The number of halogens is 1. The Balaban J connectivity index is 1.56. The average Bonchev–Trinajstić information content (AvgIpc) is 2.84. The van der Waals surface area contributed by atoms with E-state index in [0.717, 1.165) is 37.3 Å². The molecule has 0 radical (unpaired) electrons. The highest BCUT2D eigenvalue weighted by Crippen LogP contribution is 2.38. The van der Waals surface area contributed by atoms with Gasteiger partial charge in [-0.3, -0.25) is 4.79 Å². The molecule has 0 amide bonds. The number of aromatic hydroxyl groups is 1. The molecule has 1 fully saturated rings. The van der Waals surface area contributed by atoms with Crippen LogP contribution in [0.4, 0.5) is 5.69 Å². The van der Waals surface area contributed by atoms with E-state index in [4.69, 9.17) is 16.3 Å². The van der Waals surface area contributed by atoms with E-state index in [9.17, 15) is 9.90 Å². The molecule has 1 aliphatic rings. The molecule has 0 atom stereocenters. The van der Waals surface area contributed by atoms with Crippen LogP contribution in [0, 0.1) is 0 Å². The van der Waals surface area contributed by atoms with Crippen molar-refractivity contribution >= 4 is 28.2 Å². The number of hydrogen-bond donors (Lipinski definition) is 2. The molecule has 6 nitrogen and oxygen atoms in total. The van der Waals surface area contributed by atoms with Gasteiger partial charge >= 0.3 is 0 Å². The van der Waals surface area contributed by atoms with E-state index in [-0.39, 0.29) is 11.3 Å². The highest BCUT2D eigenvalue weighted by Gasteiger charge is 2.18. The second-order valence-electron chi connectivity index (χ2n) is 8.62. The van der Waals surface area contributed by atoms with Gasteiger partial charge in [-0.1, -0.05) is 35.9 Å². The Morgan fingerprint density at radius 3 is 2.41 bits per heavy atom. The Hall–Kier alpha value is -3.48. The van der Waals surface area contributed by atoms with Gasteiger partial charge in [-0.25, -0.2) is 0 Å². The normalized spacial score (nSPS) is 14.5. The van der Waals surface area contributed by atoms with Crippen LogP contribution in [0.2, 0.25) is 5.02 Å². The summed E-state index contributed by atoms with van der Waals surface area (Å²) in [5, 5.41) is 12.2. The molecule has 34 heavy (non-hydrogen) atoms. The molecule has 0 saturated carbocycles. The minimum absolute atomic E-state index is 0.0843. The third-order valence-corrected chi connectivity index (χ3v) is 6.79. The van der Waals surface area contributed by atoms with Crippen molar-refractivity contribution in [1.29, 1.82) is 0 Å². The fourth-order valence-corrected chi connectivity index (χ4v) is 4.76. The van der Waals surface area contributed by atoms with Crippen LogP contribution in [0.5, 0.6) is 11.5 Å². The summed E-state index contributed by atoms with van der Waals surface area (Å²) in [5.41, 5.74) is 3.78. The molecule has 1 aromatic heterocycles. The summed E-state index contributed by atoms with van der Waals surface area (Å²) in [6, 6.07) is 18.9. The summed E-state index contributed by atoms with van der Waals surface area (Å²) in [6.45, 7) is 4.10. The predicted octanol–water partition coefficient (Wildman–Crippen LogP) is 4.98. The lowest BCUT2D eigenvalue weighted by atomic mass is 9.99. The number of anilines is 1. The van der Waals surface area contributed by atoms with Crippen LogP contribution in [0.1, 0.15) is 0 Å². The van der Waals surface area contributed by atoms with Gasteiger partial charge in [-0.05, 0) is 54.6 Å². The Kier molecular flexibility index (Phi) is 5.94. The molecule has 2 N–H and O–H groups in total. The number of piperazine rings is 1. The van der Waals surface area contributed by atoms with Gasteiger partial charge in [0.1, 0.15) is 11.5 Å². The van der Waals surface area contributed by atoms with Crippen molar-refractivity contribution in [3.05, 3.63) is 76.0 Å². The highest BCUT2D eigenvalue weighted by molar-refractivity contribution is 6.34. The van der Waals surface area contributed by atoms with E-state index >= 15 is 0 Å². The van der Waals surface area contributed by atoms with Crippen molar-refractivity contribution in [2.24, 2.45) is 0 Å². The first-order valence-electron chi connectivity index (χ1n) is 11.2. The molecular weight excluding hydrogens is 450 g/mol. The number of pyridine rings is 1. The van der Waals surface area contributed by atoms with Gasteiger partial charge in [0.15, 0.2) is 0 Å². The van der Waals surface area contributed by atoms with E-state index < -0.39 is 5.56 Å². The number of ether oxygens (including phenoxy) is 1. The molecule has 0 aliphatic carbocycles. The van der Waals surface area contributed by atoms with Gasteiger partial charge in [-0.15, -0.1) is 0 Å². The van der Waals surface area contributed by atoms with Crippen LogP contribution >= 0.6 is 11.6 Å². The van der Waals surface area contributed by atoms with E-state index in [1.165, 1.54) is 5.69 Å². The van der Waals surface area contributed by atoms with Crippen molar-refractivity contribution < 1.29 is 9.84 Å². The number of methoxy groups -OCH3 is 1. The number of aromatic amines is 1. The van der Waals surface area contributed by atoms with Crippen LogP contribution in [0.15, 0.2) is 65.5 Å². The first-order valence-corrected chi connectivity index (χ1v) is 11.6. The van der Waals surface area contributed by atoms with Crippen LogP contribution in [0.25, 0.3) is 33.2 Å². The lowest BCUT2D eigenvalue weighted by Crippen LogP contribution is -2.44. The zero-order chi connectivity index (χ0) is 23.8. The van der Waals surface area contributed by atoms with Crippen LogP contribution < -0.4 is 15.2 Å². The van der Waals surface area contributed by atoms with Crippen molar-refractivity contribution in [2.75, 3.05) is 45.2 Å². The third-order valence-electron chi connectivity index (χ3n) is 6.48. The molecule has 4 aromatic rings. The molecule has 0 spiro atoms. The Bertz CT molecular complexity index is 1410. The number of fused-ring (bicyclic) bond motifs is 1. The third kappa shape index (κ3) is 4.11. The van der Waals surface area contributed by atoms with E-state index in [0.29, 0.717) is 27.2 Å². The minimum Gasteiger partial charge on any atom is -0.506 e. The Morgan fingerprint density at radius 2 is 1.71 bits per heavy atom. The molecule has 0 bridgehead atoms. The average molecular weight is 476 g/mol. The molecule has 2 heterocycles. The van der Waals surface area contributed by atoms with E-state index in [2.05, 4.69) is 34.0 Å². The number of nitrogens with zero attached hydrogens (tertiary/aromatic N) is 2. The summed E-state index contributed by atoms with van der Waals surface area (Å²) in [4.78, 5) is 20.4. The second-order valence-corrected chi connectivity index (χ2v) is 9.03. The summed E-state index contributed by atoms with van der Waals surface area (Å²) < 4.78 is 5.28. The van der Waals surface area contributed by atoms with Gasteiger partial charge in [0.25, 0.3) is 5.56 Å². The highest BCUT2D eigenvalue weighted by atomic mass is 35.5. The lowest BCUT2D eigenvalue weighted by Gasteiger charge is -2.34. The first-order chi connectivity index (χ1) is 16.4. The number of H-pyrrole nitrogens is 1. The molecule has 7 heteroatoms. The molecule has 1 saturated heterocycles. The number of aromatic nitrogens is 1. The van der Waals surface area contributed by atoms with Crippen molar-refractivity contribution in [2.45, 2.75) is 0 Å². The van der Waals surface area contributed by atoms with Gasteiger partial charge in [0.2, 0.25) is 0 Å². The van der Waals surface area contributed by atoms with Gasteiger partial charge < -0.3 is 24.6 Å². The Labute approximate surface area is 203 Å². The van der Waals surface area contributed by atoms with Crippen LogP contribution in [0.3, 0.4) is 0 Å². The fourth-order valence-electron chi connectivity index (χ4n) is 4.48. The maximum atomic E-state index is 12.8. The standard InChI is InChI=1S/C27H26ClN3O3/c1-30-10-12-31(13-11-30)19-8-6-17(7-9-19)21-15-22-24(16-23(21)28)29-27(33)25(26(22)32)18-4-3-5-20(14-18)34-2/h3-9,14-16H,10-13H2,1-2H3,(H2,29,32,33). The minimum atomic E-state index is -0.390. The van der Waals surface area contributed by atoms with Crippen molar-refractivity contribution in [3.8, 4) is 33.8 Å². The zero-order valence-electron chi connectivity index (χ0n) is 19.1. The fraction of sp³-hybridized carbons (Fsp3) is 0.222. The van der Waals surface area contributed by atoms with Crippen molar-refractivity contribution in [3.63, 3.8) is 0 Å².